The van der Waals surface area contributed by atoms with E-state index in [-0.39, 0.29) is 22.8 Å². The molecule has 2 aliphatic rings. The van der Waals surface area contributed by atoms with Crippen molar-refractivity contribution in [3.05, 3.63) is 42.0 Å². The minimum absolute atomic E-state index is 0.0572. The molecule has 220 valence electrons. The quantitative estimate of drug-likeness (QED) is 0.124. The third-order valence-electron chi connectivity index (χ3n) is 6.49. The van der Waals surface area contributed by atoms with Gasteiger partial charge in [-0.15, -0.1) is 0 Å². The molecule has 0 aliphatic carbocycles. The highest BCUT2D eigenvalue weighted by atomic mass is 16.8. The Kier molecular flexibility index (Phi) is 8.86. The number of hydrogen-bond acceptors (Lipinski definition) is 15. The van der Waals surface area contributed by atoms with Gasteiger partial charge in [-0.2, -0.15) is 0 Å². The van der Waals surface area contributed by atoms with Crippen LogP contribution in [0.2, 0.25) is 0 Å². The summed E-state index contributed by atoms with van der Waals surface area (Å²) in [4.78, 5) is 12.3. The first-order chi connectivity index (χ1) is 19.0. The number of rotatable bonds is 9. The molecule has 4 rings (SSSR count). The van der Waals surface area contributed by atoms with E-state index in [1.165, 1.54) is 31.4 Å². The van der Waals surface area contributed by atoms with Crippen LogP contribution >= 0.6 is 0 Å². The summed E-state index contributed by atoms with van der Waals surface area (Å²) in [5.41, 5.74) is -2.30. The second kappa shape index (κ2) is 12.0. The molecule has 0 radical (unpaired) electrons. The van der Waals surface area contributed by atoms with Crippen LogP contribution in [0.3, 0.4) is 0 Å². The normalized spacial score (nSPS) is 32.0. The fraction of sp³-hybridized carbons (Fsp3) is 0.480. The fourth-order valence-electron chi connectivity index (χ4n) is 4.14. The first-order valence-corrected chi connectivity index (χ1v) is 12.0. The first-order valence-electron chi connectivity index (χ1n) is 12.0. The molecule has 8 N–H and O–H groups in total. The van der Waals surface area contributed by atoms with Gasteiger partial charge in [0, 0.05) is 6.07 Å². The molecule has 0 bridgehead atoms. The predicted octanol–water partition coefficient (Wildman–Crippen LogP) is -1.68. The standard InChI is InChI=1S/C25H30O15/c1-35-16-7-12(3-5-14(16)28)38-23-20(19(31)18(30)17(8-26)39-23)40-24-21(32)25(34,10-37-24)9-36-22(33)11-2-4-13(27)15(29)6-11/h2-7,17-21,23-24,26-32,34H,8-10H2,1H3/t17-,18-,19+,20-,21+,23-,24+,25-/m1/s1. The molecule has 8 atom stereocenters. The average Bonchev–Trinajstić information content (AvgIpc) is 3.22. The summed E-state index contributed by atoms with van der Waals surface area (Å²) in [6.45, 7) is -2.02. The Labute approximate surface area is 226 Å². The number of carbonyl (C=O) groups is 1. The molecule has 2 heterocycles. The maximum atomic E-state index is 12.3. The van der Waals surface area contributed by atoms with Crippen molar-refractivity contribution >= 4 is 5.97 Å². The summed E-state index contributed by atoms with van der Waals surface area (Å²) in [7, 11) is 1.32. The van der Waals surface area contributed by atoms with Crippen LogP contribution in [0.25, 0.3) is 0 Å². The minimum atomic E-state index is -2.16. The average molecular weight is 571 g/mol. The van der Waals surface area contributed by atoms with Crippen molar-refractivity contribution in [2.45, 2.75) is 48.7 Å². The molecule has 0 unspecified atom stereocenters. The Morgan fingerprint density at radius 3 is 2.40 bits per heavy atom. The summed E-state index contributed by atoms with van der Waals surface area (Å²) in [5.74, 6) is -2.03. The number of phenolic OH excluding ortho intramolecular Hbond substituents is 3. The van der Waals surface area contributed by atoms with E-state index in [4.69, 9.17) is 28.4 Å². The third kappa shape index (κ3) is 6.01. The lowest BCUT2D eigenvalue weighted by Gasteiger charge is -2.42. The van der Waals surface area contributed by atoms with Crippen LogP contribution in [-0.2, 0) is 18.9 Å². The highest BCUT2D eigenvalue weighted by Crippen LogP contribution is 2.35. The second-order valence-corrected chi connectivity index (χ2v) is 9.27. The lowest BCUT2D eigenvalue weighted by molar-refractivity contribution is -0.318. The molecule has 2 saturated heterocycles. The number of aliphatic hydroxyl groups is 5. The Bertz CT molecular complexity index is 1190. The van der Waals surface area contributed by atoms with E-state index in [0.717, 1.165) is 12.1 Å². The van der Waals surface area contributed by atoms with E-state index in [9.17, 15) is 45.6 Å². The molecule has 40 heavy (non-hydrogen) atoms. The number of esters is 1. The molecule has 2 aromatic carbocycles. The molecule has 0 aromatic heterocycles. The van der Waals surface area contributed by atoms with Gasteiger partial charge in [0.05, 0.1) is 25.9 Å². The van der Waals surface area contributed by atoms with Gasteiger partial charge in [-0.3, -0.25) is 0 Å². The molecule has 2 fully saturated rings. The number of benzene rings is 2. The van der Waals surface area contributed by atoms with E-state index in [1.807, 2.05) is 0 Å². The predicted molar refractivity (Wildman–Crippen MR) is 129 cm³/mol. The Morgan fingerprint density at radius 1 is 1.00 bits per heavy atom. The van der Waals surface area contributed by atoms with Crippen molar-refractivity contribution < 1.29 is 74.1 Å². The van der Waals surface area contributed by atoms with Crippen molar-refractivity contribution in [1.82, 2.24) is 0 Å². The zero-order valence-corrected chi connectivity index (χ0v) is 21.1. The number of carbonyl (C=O) groups excluding carboxylic acids is 1. The molecule has 0 saturated carbocycles. The van der Waals surface area contributed by atoms with Crippen LogP contribution < -0.4 is 9.47 Å². The van der Waals surface area contributed by atoms with Gasteiger partial charge in [0.2, 0.25) is 6.29 Å². The van der Waals surface area contributed by atoms with E-state index in [2.05, 4.69) is 0 Å². The topological polar surface area (TPSA) is 234 Å². The van der Waals surface area contributed by atoms with Gasteiger partial charge in [0.1, 0.15) is 36.8 Å². The van der Waals surface area contributed by atoms with Crippen molar-refractivity contribution in [2.75, 3.05) is 26.9 Å². The van der Waals surface area contributed by atoms with Crippen LogP contribution in [0.4, 0.5) is 0 Å². The molecular weight excluding hydrogens is 540 g/mol. The zero-order chi connectivity index (χ0) is 29.2. The number of hydrogen-bond donors (Lipinski definition) is 8. The van der Waals surface area contributed by atoms with E-state index < -0.39 is 86.0 Å². The molecule has 2 aromatic rings. The molecular formula is C25H30O15. The first kappa shape index (κ1) is 29.6. The summed E-state index contributed by atoms with van der Waals surface area (Å²) >= 11 is 0. The van der Waals surface area contributed by atoms with Crippen LogP contribution in [-0.4, -0.2) is 122 Å². The Balaban J connectivity index is 1.46. The van der Waals surface area contributed by atoms with Crippen LogP contribution in [0.15, 0.2) is 36.4 Å². The van der Waals surface area contributed by atoms with Crippen LogP contribution in [0.1, 0.15) is 10.4 Å². The largest absolute Gasteiger partial charge is 0.504 e. The molecule has 0 amide bonds. The van der Waals surface area contributed by atoms with Gasteiger partial charge in [-0.05, 0) is 30.3 Å². The maximum absolute atomic E-state index is 12.3. The van der Waals surface area contributed by atoms with Gasteiger partial charge in [0.25, 0.3) is 0 Å². The highest BCUT2D eigenvalue weighted by Gasteiger charge is 2.54. The number of aromatic hydroxyl groups is 3. The zero-order valence-electron chi connectivity index (χ0n) is 21.1. The Hall–Kier alpha value is -3.41. The van der Waals surface area contributed by atoms with Crippen molar-refractivity contribution in [2.24, 2.45) is 0 Å². The van der Waals surface area contributed by atoms with Crippen molar-refractivity contribution in [3.63, 3.8) is 0 Å². The molecule has 15 heteroatoms. The van der Waals surface area contributed by atoms with Gasteiger partial charge in [-0.25, -0.2) is 4.79 Å². The number of phenols is 3. The summed E-state index contributed by atoms with van der Waals surface area (Å²) in [6.07, 6.45) is -11.1. The Morgan fingerprint density at radius 2 is 1.73 bits per heavy atom. The van der Waals surface area contributed by atoms with Crippen molar-refractivity contribution in [1.29, 1.82) is 0 Å². The number of methoxy groups -OCH3 is 1. The summed E-state index contributed by atoms with van der Waals surface area (Å²) in [5, 5.41) is 81.1. The lowest BCUT2D eigenvalue weighted by atomic mass is 9.98. The van der Waals surface area contributed by atoms with Crippen molar-refractivity contribution in [3.8, 4) is 28.7 Å². The molecule has 2 aliphatic heterocycles. The summed E-state index contributed by atoms with van der Waals surface area (Å²) in [6, 6.07) is 7.13. The van der Waals surface area contributed by atoms with Gasteiger partial charge in [-0.1, -0.05) is 0 Å². The number of ether oxygens (including phenoxy) is 6. The third-order valence-corrected chi connectivity index (χ3v) is 6.49. The van der Waals surface area contributed by atoms with E-state index in [0.29, 0.717) is 0 Å². The fourth-order valence-corrected chi connectivity index (χ4v) is 4.14. The molecule has 0 spiro atoms. The van der Waals surface area contributed by atoms with Gasteiger partial charge < -0.3 is 69.3 Å². The highest BCUT2D eigenvalue weighted by molar-refractivity contribution is 5.90. The SMILES string of the molecule is COc1cc(O[C@@H]2O[C@H](CO)[C@@H](O)[C@H](O)[C@H]2O[C@@H]2OC[C@](O)(COC(=O)c3ccc(O)c(O)c3)[C@H]2O)ccc1O. The monoisotopic (exact) mass is 570 g/mol. The number of aliphatic hydroxyl groups excluding tert-OH is 4. The van der Waals surface area contributed by atoms with Crippen LogP contribution in [0, 0.1) is 0 Å². The van der Waals surface area contributed by atoms with E-state index >= 15 is 0 Å². The lowest BCUT2D eigenvalue weighted by Crippen LogP contribution is -2.62. The van der Waals surface area contributed by atoms with Gasteiger partial charge >= 0.3 is 5.97 Å². The molecule has 15 nitrogen and oxygen atoms in total. The maximum Gasteiger partial charge on any atom is 0.338 e. The second-order valence-electron chi connectivity index (χ2n) is 9.27. The summed E-state index contributed by atoms with van der Waals surface area (Å²) < 4.78 is 32.4. The smallest absolute Gasteiger partial charge is 0.338 e. The van der Waals surface area contributed by atoms with E-state index in [1.54, 1.807) is 0 Å². The van der Waals surface area contributed by atoms with Gasteiger partial charge in [0.15, 0.2) is 41.0 Å². The minimum Gasteiger partial charge on any atom is -0.504 e. The van der Waals surface area contributed by atoms with Crippen LogP contribution in [0.5, 0.6) is 28.7 Å².